The Kier molecular flexibility index (Phi) is 3.50. The first kappa shape index (κ1) is 14.1. The van der Waals surface area contributed by atoms with Crippen molar-refractivity contribution < 1.29 is 13.9 Å². The number of nitrogens with zero attached hydrogens (tertiary/aromatic N) is 1. The molecule has 0 aliphatic rings. The van der Waals surface area contributed by atoms with Gasteiger partial charge in [-0.15, -0.1) is 0 Å². The van der Waals surface area contributed by atoms with Crippen LogP contribution in [0.25, 0.3) is 22.3 Å². The van der Waals surface area contributed by atoms with Gasteiger partial charge in [-0.2, -0.15) is 0 Å². The van der Waals surface area contributed by atoms with Crippen LogP contribution in [-0.2, 0) is 0 Å². The van der Waals surface area contributed by atoms with E-state index < -0.39 is 5.82 Å². The highest BCUT2D eigenvalue weighted by molar-refractivity contribution is 5.79. The quantitative estimate of drug-likeness (QED) is 0.808. The molecule has 1 heterocycles. The number of hydrogen-bond donors (Lipinski definition) is 1. The molecule has 0 aliphatic carbocycles. The lowest BCUT2D eigenvalue weighted by Crippen LogP contribution is -2.10. The highest BCUT2D eigenvalue weighted by Crippen LogP contribution is 2.33. The van der Waals surface area contributed by atoms with Gasteiger partial charge in [-0.05, 0) is 18.2 Å². The maximum atomic E-state index is 14.3. The molecule has 2 aromatic carbocycles. The van der Waals surface area contributed by atoms with Crippen molar-refractivity contribution in [3.63, 3.8) is 0 Å². The van der Waals surface area contributed by atoms with Gasteiger partial charge in [-0.1, -0.05) is 12.1 Å². The molecule has 0 saturated carbocycles. The van der Waals surface area contributed by atoms with E-state index >= 15 is 0 Å². The number of para-hydroxylation sites is 1. The Hall–Kier alpha value is -2.89. The Balaban J connectivity index is 2.25. The molecular weight excluding hydrogens is 287 g/mol. The van der Waals surface area contributed by atoms with E-state index in [1.807, 2.05) is 0 Å². The predicted molar refractivity (Wildman–Crippen MR) is 80.9 cm³/mol. The molecule has 3 rings (SSSR count). The first-order valence-electron chi connectivity index (χ1n) is 6.55. The van der Waals surface area contributed by atoms with E-state index in [1.54, 1.807) is 24.3 Å². The van der Waals surface area contributed by atoms with Gasteiger partial charge in [0, 0.05) is 6.07 Å². The molecule has 0 aliphatic heterocycles. The third-order valence-corrected chi connectivity index (χ3v) is 3.34. The first-order chi connectivity index (χ1) is 10.6. The summed E-state index contributed by atoms with van der Waals surface area (Å²) in [5.74, 6) is 0.208. The van der Waals surface area contributed by atoms with Crippen LogP contribution in [0.3, 0.4) is 0 Å². The van der Waals surface area contributed by atoms with Gasteiger partial charge in [0.25, 0.3) is 5.56 Å². The van der Waals surface area contributed by atoms with Gasteiger partial charge in [0.05, 0.1) is 30.7 Å². The first-order valence-corrected chi connectivity index (χ1v) is 6.55. The van der Waals surface area contributed by atoms with Crippen molar-refractivity contribution in [2.75, 3.05) is 14.2 Å². The molecule has 5 nitrogen and oxygen atoms in total. The van der Waals surface area contributed by atoms with Gasteiger partial charge in [0.1, 0.15) is 11.6 Å². The molecule has 0 atom stereocenters. The molecule has 0 saturated heterocycles. The van der Waals surface area contributed by atoms with Crippen LogP contribution in [0.1, 0.15) is 0 Å². The second-order valence-electron chi connectivity index (χ2n) is 4.62. The fourth-order valence-electron chi connectivity index (χ4n) is 2.25. The predicted octanol–water partition coefficient (Wildman–Crippen LogP) is 2.75. The van der Waals surface area contributed by atoms with Gasteiger partial charge in [0.2, 0.25) is 0 Å². The molecule has 0 amide bonds. The van der Waals surface area contributed by atoms with E-state index in [0.29, 0.717) is 16.7 Å². The van der Waals surface area contributed by atoms with E-state index in [4.69, 9.17) is 9.47 Å². The summed E-state index contributed by atoms with van der Waals surface area (Å²) in [7, 11) is 2.88. The van der Waals surface area contributed by atoms with Gasteiger partial charge in [-0.3, -0.25) is 4.79 Å². The third kappa shape index (κ3) is 2.28. The van der Waals surface area contributed by atoms with Gasteiger partial charge >= 0.3 is 0 Å². The summed E-state index contributed by atoms with van der Waals surface area (Å²) in [6, 6.07) is 9.52. The van der Waals surface area contributed by atoms with Crippen LogP contribution in [0.15, 0.2) is 41.2 Å². The summed E-state index contributed by atoms with van der Waals surface area (Å²) in [6.45, 7) is 0. The third-order valence-electron chi connectivity index (χ3n) is 3.34. The Bertz CT molecular complexity index is 906. The molecule has 112 valence electrons. The maximum Gasteiger partial charge on any atom is 0.259 e. The summed E-state index contributed by atoms with van der Waals surface area (Å²) in [6.07, 6.45) is 0. The summed E-state index contributed by atoms with van der Waals surface area (Å²) in [5.41, 5.74) is 0.311. The fraction of sp³-hybridized carbons (Fsp3) is 0.125. The molecule has 0 unspecified atom stereocenters. The summed E-state index contributed by atoms with van der Waals surface area (Å²) < 4.78 is 24.5. The van der Waals surface area contributed by atoms with Crippen LogP contribution in [0, 0.1) is 5.82 Å². The minimum absolute atomic E-state index is 0.139. The van der Waals surface area contributed by atoms with Gasteiger partial charge < -0.3 is 14.5 Å². The van der Waals surface area contributed by atoms with Crippen molar-refractivity contribution >= 4 is 10.9 Å². The van der Waals surface area contributed by atoms with Crippen LogP contribution in [0.4, 0.5) is 4.39 Å². The number of hydrogen-bond acceptors (Lipinski definition) is 4. The number of rotatable bonds is 3. The molecule has 6 heteroatoms. The van der Waals surface area contributed by atoms with E-state index in [0.717, 1.165) is 0 Å². The molecule has 22 heavy (non-hydrogen) atoms. The van der Waals surface area contributed by atoms with E-state index in [2.05, 4.69) is 9.97 Å². The van der Waals surface area contributed by atoms with Crippen LogP contribution in [0.5, 0.6) is 11.5 Å². The minimum atomic E-state index is -0.559. The molecule has 0 spiro atoms. The lowest BCUT2D eigenvalue weighted by atomic mass is 10.1. The topological polar surface area (TPSA) is 64.2 Å². The number of aromatic nitrogens is 2. The zero-order valence-electron chi connectivity index (χ0n) is 12.0. The van der Waals surface area contributed by atoms with Crippen LogP contribution >= 0.6 is 0 Å². The summed E-state index contributed by atoms with van der Waals surface area (Å²) in [4.78, 5) is 19.0. The average molecular weight is 300 g/mol. The SMILES string of the molecule is COc1cc(F)c(-c2nc3ccccc3c(=O)[nH]2)cc1OC. The van der Waals surface area contributed by atoms with Crippen LogP contribution in [-0.4, -0.2) is 24.2 Å². The Labute approximate surface area is 125 Å². The van der Waals surface area contributed by atoms with Crippen molar-refractivity contribution in [2.24, 2.45) is 0 Å². The van der Waals surface area contributed by atoms with Gasteiger partial charge in [-0.25, -0.2) is 9.37 Å². The molecule has 1 aromatic heterocycles. The van der Waals surface area contributed by atoms with Crippen molar-refractivity contribution in [3.05, 3.63) is 52.6 Å². The number of aromatic amines is 1. The van der Waals surface area contributed by atoms with Crippen LogP contribution < -0.4 is 15.0 Å². The second-order valence-corrected chi connectivity index (χ2v) is 4.62. The van der Waals surface area contributed by atoms with Gasteiger partial charge in [0.15, 0.2) is 11.5 Å². The highest BCUT2D eigenvalue weighted by Gasteiger charge is 2.15. The number of methoxy groups -OCH3 is 2. The standard InChI is InChI=1S/C16H13FN2O3/c1-21-13-7-10(11(17)8-14(13)22-2)15-18-12-6-4-3-5-9(12)16(20)19-15/h3-8H,1-2H3,(H,18,19,20). The number of benzene rings is 2. The highest BCUT2D eigenvalue weighted by atomic mass is 19.1. The van der Waals surface area contributed by atoms with E-state index in [-0.39, 0.29) is 22.7 Å². The molecule has 3 aromatic rings. The van der Waals surface area contributed by atoms with Crippen molar-refractivity contribution in [3.8, 4) is 22.9 Å². The Morgan fingerprint density at radius 2 is 1.77 bits per heavy atom. The number of halogens is 1. The maximum absolute atomic E-state index is 14.3. The number of nitrogens with one attached hydrogen (secondary N) is 1. The molecule has 0 radical (unpaired) electrons. The molecular formula is C16H13FN2O3. The molecule has 1 N–H and O–H groups in total. The Morgan fingerprint density at radius 3 is 2.50 bits per heavy atom. The van der Waals surface area contributed by atoms with Crippen LogP contribution in [0.2, 0.25) is 0 Å². The fourth-order valence-corrected chi connectivity index (χ4v) is 2.25. The summed E-state index contributed by atoms with van der Waals surface area (Å²) >= 11 is 0. The lowest BCUT2D eigenvalue weighted by Gasteiger charge is -2.10. The van der Waals surface area contributed by atoms with Crippen molar-refractivity contribution in [1.29, 1.82) is 0 Å². The van der Waals surface area contributed by atoms with E-state index in [1.165, 1.54) is 26.4 Å². The summed E-state index contributed by atoms with van der Waals surface area (Å²) in [5, 5.41) is 0.451. The monoisotopic (exact) mass is 300 g/mol. The second kappa shape index (κ2) is 5.48. The lowest BCUT2D eigenvalue weighted by molar-refractivity contribution is 0.352. The smallest absolute Gasteiger partial charge is 0.259 e. The number of H-pyrrole nitrogens is 1. The largest absolute Gasteiger partial charge is 0.493 e. The van der Waals surface area contributed by atoms with Crippen molar-refractivity contribution in [2.45, 2.75) is 0 Å². The van der Waals surface area contributed by atoms with Crippen molar-refractivity contribution in [1.82, 2.24) is 9.97 Å². The zero-order valence-corrected chi connectivity index (χ0v) is 12.0. The molecule has 0 bridgehead atoms. The zero-order chi connectivity index (χ0) is 15.7. The normalized spacial score (nSPS) is 10.7. The van der Waals surface area contributed by atoms with E-state index in [9.17, 15) is 9.18 Å². The number of ether oxygens (including phenoxy) is 2. The Morgan fingerprint density at radius 1 is 1.09 bits per heavy atom. The molecule has 0 fully saturated rings. The average Bonchev–Trinajstić information content (AvgIpc) is 2.54. The minimum Gasteiger partial charge on any atom is -0.493 e. The number of fused-ring (bicyclic) bond motifs is 1.